The lowest BCUT2D eigenvalue weighted by molar-refractivity contribution is -0.145. The second-order valence-corrected chi connectivity index (χ2v) is 54.6. The zero-order valence-corrected chi connectivity index (χ0v) is 89.1. The van der Waals surface area contributed by atoms with Gasteiger partial charge in [-0.3, -0.25) is 24.0 Å². The normalized spacial score (nSPS) is 48.8. The lowest BCUT2D eigenvalue weighted by Crippen LogP contribution is -2.54. The largest absolute Gasteiger partial charge is 0.393 e. The summed E-state index contributed by atoms with van der Waals surface area (Å²) in [6.07, 6.45) is 60.5. The van der Waals surface area contributed by atoms with Crippen molar-refractivity contribution >= 4 is 40.3 Å². The molecule has 20 rings (SSSR count). The van der Waals surface area contributed by atoms with Crippen molar-refractivity contribution in [2.45, 2.75) is 504 Å². The van der Waals surface area contributed by atoms with Gasteiger partial charge >= 0.3 is 0 Å². The van der Waals surface area contributed by atoms with Crippen molar-refractivity contribution in [3.05, 3.63) is 11.6 Å². The molecule has 0 unspecified atom stereocenters. The van der Waals surface area contributed by atoms with Crippen molar-refractivity contribution in [3.8, 4) is 0 Å². The van der Waals surface area contributed by atoms with Crippen LogP contribution in [0, 0.1) is 196 Å². The van der Waals surface area contributed by atoms with Gasteiger partial charge in [0.2, 0.25) is 0 Å². The molecule has 0 heterocycles. The van der Waals surface area contributed by atoms with E-state index in [1.807, 2.05) is 20.8 Å². The molecule has 0 amide bonds. The summed E-state index contributed by atoms with van der Waals surface area (Å²) in [5.41, 5.74) is 8.05. The third-order valence-electron chi connectivity index (χ3n) is 46.9. The van der Waals surface area contributed by atoms with Crippen LogP contribution in [-0.4, -0.2) is 89.2 Å². The van der Waals surface area contributed by atoms with Gasteiger partial charge in [-0.15, -0.1) is 0 Å². The Hall–Kier alpha value is -3.09. The van der Waals surface area contributed by atoms with Crippen LogP contribution in [0.4, 0.5) is 0 Å². The highest BCUT2D eigenvalue weighted by Crippen LogP contribution is 2.75. The average Bonchev–Trinajstić information content (AvgIpc) is 1.60. The van der Waals surface area contributed by atoms with E-state index in [0.717, 1.165) is 165 Å². The van der Waals surface area contributed by atoms with E-state index in [0.29, 0.717) is 156 Å². The number of fused-ring (bicyclic) bond motifs is 25. The number of Topliss-reactive ketones (excluding diaryl/α,β-unsaturated/α-hetero) is 5. The summed E-state index contributed by atoms with van der Waals surface area (Å²) >= 11 is 0. The number of hydrogen-bond acceptors (Lipinski definition) is 12. The highest BCUT2D eigenvalue weighted by atomic mass is 16.6. The smallest absolute Gasteiger partial charge is 0.133 e. The van der Waals surface area contributed by atoms with Crippen LogP contribution >= 0.6 is 0 Å². The Bertz CT molecular complexity index is 3960. The molecule has 0 radical (unpaired) electrons. The lowest BCUT2D eigenvalue weighted by Gasteiger charge is -2.61. The molecule has 0 saturated heterocycles. The Balaban J connectivity index is 0.000000120. The molecule has 746 valence electrons. The maximum absolute atomic E-state index is 12.3. The summed E-state index contributed by atoms with van der Waals surface area (Å²) in [6.45, 7) is 56.5. The minimum Gasteiger partial charge on any atom is -0.393 e. The van der Waals surface area contributed by atoms with Crippen molar-refractivity contribution in [1.29, 1.82) is 0 Å². The van der Waals surface area contributed by atoms with E-state index in [4.69, 9.17) is 23.9 Å². The van der Waals surface area contributed by atoms with Crippen LogP contribution in [0.15, 0.2) is 22.0 Å². The fourth-order valence-corrected chi connectivity index (χ4v) is 40.6. The molecule has 0 aromatic carbocycles. The molecule has 0 spiro atoms. The number of allylic oxidation sites excluding steroid dienone is 1. The van der Waals surface area contributed by atoms with Gasteiger partial charge in [0.15, 0.2) is 0 Å². The number of carbonyl (C=O) groups is 5. The standard InChI is InChI=1S/2C24H39NO2.2C24H40O2.C24H38O2/c2*1-15(2)27-25-16(3)20-8-9-21-19-7-6-17-14-18(26)10-12-23(17,4)22(19)11-13-24(20,21)5;3*1-15(2)26-18-10-12-23(4)17(14-18)6-7-19-21-9-8-20(16(3)25)24(21,5)13-11-22(19)23/h2*15,17,19-22H,6-14H2,1-5H3;2*15,17-22H,6-14H2,1-5H3;6,15,18-22H,7-14H2,1-5H3/b2*25-16+;;;/t17-,19+,20-,21+,22+,23+,24-;17-,19-,20+,21-,22-,23-,24+;17-,18+,19-,20+,21-,22-,23-,24+;17-,18-,19+,20-,21+,22+,23+,24-;18-,19+,20-,21+,22+,23+,24-/m10011/s1. The first kappa shape index (κ1) is 102. The van der Waals surface area contributed by atoms with Crippen LogP contribution in [0.3, 0.4) is 0 Å². The summed E-state index contributed by atoms with van der Waals surface area (Å²) in [5.74, 6) is 20.2. The van der Waals surface area contributed by atoms with Crippen LogP contribution < -0.4 is 0 Å². The molecule has 132 heavy (non-hydrogen) atoms. The quantitative estimate of drug-likeness (QED) is 0.0878. The zero-order chi connectivity index (χ0) is 94.9. The SMILES string of the molecule is C/C(=N\OC(C)C)[C@H]1CC[C@H]2[C@@H]3CC[C@@H]4CC(=O)CC[C@]4(C)[C@H]3CC[C@]12C.C/C(=N\OC(C)C)[C@H]1CC[C@H]2[C@@H]3CC[C@H]4CC(=O)CC[C@]4(C)[C@H]3CC[C@]12C.CC(=O)[C@H]1CC[C@H]2[C@@H]3CC=C4C[C@H](OC(C)C)CC[C@]4(C)[C@H]3CC[C@]12C.CC(=O)[C@H]1CC[C@H]2[C@@H]3CC[C@@H]4C[C@H](OC(C)C)CC[C@]4(C)[C@H]3CC[C@]12C.CC(=O)[C@H]1CC[C@H]2[C@@H]3CC[C@H]4C[C@H](OC(C)C)CC[C@]4(C)[C@H]3CC[C@]12C. The minimum atomic E-state index is 0.157. The Labute approximate surface area is 805 Å². The van der Waals surface area contributed by atoms with Gasteiger partial charge in [0.25, 0.3) is 0 Å². The number of rotatable bonds is 15. The number of ether oxygens (including phenoxy) is 3. The van der Waals surface area contributed by atoms with Crippen LogP contribution in [0.2, 0.25) is 0 Å². The Kier molecular flexibility index (Phi) is 30.3. The molecule has 19 fully saturated rings. The fourth-order valence-electron chi connectivity index (χ4n) is 40.6. The Morgan fingerprint density at radius 2 is 0.568 bits per heavy atom. The summed E-state index contributed by atoms with van der Waals surface area (Å²) in [6, 6.07) is 0. The van der Waals surface area contributed by atoms with Crippen LogP contribution in [0.1, 0.15) is 456 Å². The van der Waals surface area contributed by atoms with Crippen molar-refractivity contribution in [1.82, 2.24) is 0 Å². The second-order valence-electron chi connectivity index (χ2n) is 54.6. The van der Waals surface area contributed by atoms with E-state index in [1.165, 1.54) is 230 Å². The van der Waals surface area contributed by atoms with E-state index in [1.54, 1.807) is 5.57 Å². The van der Waals surface area contributed by atoms with E-state index < -0.39 is 0 Å². The lowest BCUT2D eigenvalue weighted by atomic mass is 9.44. The van der Waals surface area contributed by atoms with Crippen molar-refractivity contribution in [3.63, 3.8) is 0 Å². The van der Waals surface area contributed by atoms with Crippen LogP contribution in [-0.2, 0) is 47.9 Å². The maximum atomic E-state index is 12.3. The molecular weight excluding hydrogens is 1630 g/mol. The van der Waals surface area contributed by atoms with Gasteiger partial charge in [-0.2, -0.15) is 0 Å². The monoisotopic (exact) mass is 1830 g/mol. The van der Waals surface area contributed by atoms with E-state index >= 15 is 0 Å². The van der Waals surface area contributed by atoms with Crippen molar-refractivity contribution in [2.24, 2.45) is 206 Å². The number of nitrogens with zero attached hydrogens (tertiary/aromatic N) is 2. The summed E-state index contributed by atoms with van der Waals surface area (Å²) in [4.78, 5) is 72.1. The summed E-state index contributed by atoms with van der Waals surface area (Å²) in [5, 5.41) is 9.03. The Morgan fingerprint density at radius 1 is 0.288 bits per heavy atom. The van der Waals surface area contributed by atoms with E-state index in [9.17, 15) is 24.0 Å². The molecule has 12 heteroatoms. The van der Waals surface area contributed by atoms with Crippen molar-refractivity contribution < 1.29 is 47.9 Å². The number of oxime groups is 2. The molecule has 19 saturated carbocycles. The molecular formula is C120H196N2O10. The van der Waals surface area contributed by atoms with Gasteiger partial charge in [0.05, 0.1) is 48.0 Å². The minimum absolute atomic E-state index is 0.157. The molecule has 12 nitrogen and oxygen atoms in total. The zero-order valence-electron chi connectivity index (χ0n) is 89.1. The third-order valence-corrected chi connectivity index (χ3v) is 46.9. The first-order valence-corrected chi connectivity index (χ1v) is 56.9. The van der Waals surface area contributed by atoms with Crippen molar-refractivity contribution in [2.75, 3.05) is 0 Å². The molecule has 0 aliphatic heterocycles. The van der Waals surface area contributed by atoms with E-state index in [-0.39, 0.29) is 17.6 Å². The third kappa shape index (κ3) is 18.6. The molecule has 0 aromatic heterocycles. The summed E-state index contributed by atoms with van der Waals surface area (Å²) in [7, 11) is 0. The highest BCUT2D eigenvalue weighted by molar-refractivity contribution is 5.86. The van der Waals surface area contributed by atoms with Gasteiger partial charge in [-0.25, -0.2) is 0 Å². The maximum Gasteiger partial charge on any atom is 0.133 e. The van der Waals surface area contributed by atoms with Gasteiger partial charge in [0.1, 0.15) is 41.1 Å². The van der Waals surface area contributed by atoms with Gasteiger partial charge in [0, 0.05) is 55.3 Å². The first-order valence-electron chi connectivity index (χ1n) is 56.9. The number of hydrogen-bond donors (Lipinski definition) is 0. The van der Waals surface area contributed by atoms with Crippen LogP contribution in [0.25, 0.3) is 0 Å². The predicted molar refractivity (Wildman–Crippen MR) is 537 cm³/mol. The molecule has 20 aliphatic carbocycles. The number of carbonyl (C=O) groups excluding carboxylic acids is 5. The summed E-state index contributed by atoms with van der Waals surface area (Å²) < 4.78 is 18.6. The van der Waals surface area contributed by atoms with E-state index in [2.05, 4.69) is 169 Å². The first-order chi connectivity index (χ1) is 62.3. The highest BCUT2D eigenvalue weighted by Gasteiger charge is 2.68. The van der Waals surface area contributed by atoms with Gasteiger partial charge < -0.3 is 23.9 Å². The van der Waals surface area contributed by atoms with Crippen LogP contribution in [0.5, 0.6) is 0 Å². The molecule has 37 atom stereocenters. The van der Waals surface area contributed by atoms with Gasteiger partial charge in [-0.1, -0.05) is 91.2 Å². The topological polar surface area (TPSA) is 156 Å². The Morgan fingerprint density at radius 3 is 0.902 bits per heavy atom. The van der Waals surface area contributed by atoms with Gasteiger partial charge in [-0.05, 0) is 527 Å². The molecule has 0 bridgehead atoms. The average molecular weight is 1830 g/mol. The fraction of sp³-hybridized carbons (Fsp3) is 0.925. The number of ketones is 5. The molecule has 20 aliphatic rings. The predicted octanol–water partition coefficient (Wildman–Crippen LogP) is 30.0. The molecule has 0 N–H and O–H groups in total. The second kappa shape index (κ2) is 39.3. The molecule has 0 aromatic rings.